The number of anilines is 1. The van der Waals surface area contributed by atoms with Crippen molar-refractivity contribution < 1.29 is 9.18 Å². The first kappa shape index (κ1) is 17.1. The molecule has 1 amide bonds. The van der Waals surface area contributed by atoms with E-state index in [0.717, 1.165) is 25.3 Å². The highest BCUT2D eigenvalue weighted by Gasteiger charge is 2.18. The van der Waals surface area contributed by atoms with E-state index in [4.69, 9.17) is 0 Å². The maximum atomic E-state index is 13.6. The lowest BCUT2D eigenvalue weighted by molar-refractivity contribution is 0.0944. The molecule has 4 rings (SSSR count). The van der Waals surface area contributed by atoms with Gasteiger partial charge in [0.1, 0.15) is 5.82 Å². The second-order valence-corrected chi connectivity index (χ2v) is 6.49. The van der Waals surface area contributed by atoms with Crippen LogP contribution in [0.4, 0.5) is 10.2 Å². The summed E-state index contributed by atoms with van der Waals surface area (Å²) in [6.45, 7) is 1.76. The standard InChI is InChI=1S/C21H19FN4O/c22-18-8-4-3-6-16(18)13-23-21(27)19-9-10-20(25-24-19)26-12-11-15-5-1-2-7-17(15)14-26/h1-10H,11-14H2,(H,23,27). The van der Waals surface area contributed by atoms with Gasteiger partial charge in [-0.2, -0.15) is 0 Å². The summed E-state index contributed by atoms with van der Waals surface area (Å²) in [7, 11) is 0. The van der Waals surface area contributed by atoms with Gasteiger partial charge in [-0.15, -0.1) is 10.2 Å². The number of halogens is 1. The zero-order valence-corrected chi connectivity index (χ0v) is 14.7. The van der Waals surface area contributed by atoms with E-state index in [1.807, 2.05) is 6.07 Å². The highest BCUT2D eigenvalue weighted by Crippen LogP contribution is 2.22. The third-order valence-corrected chi connectivity index (χ3v) is 4.73. The average molecular weight is 362 g/mol. The summed E-state index contributed by atoms with van der Waals surface area (Å²) in [5, 5.41) is 10.9. The fraction of sp³-hybridized carbons (Fsp3) is 0.190. The second-order valence-electron chi connectivity index (χ2n) is 6.49. The summed E-state index contributed by atoms with van der Waals surface area (Å²) in [4.78, 5) is 14.4. The first-order valence-corrected chi connectivity index (χ1v) is 8.88. The number of nitrogens with zero attached hydrogens (tertiary/aromatic N) is 3. The summed E-state index contributed by atoms with van der Waals surface area (Å²) >= 11 is 0. The van der Waals surface area contributed by atoms with Gasteiger partial charge in [-0.05, 0) is 35.7 Å². The molecule has 27 heavy (non-hydrogen) atoms. The smallest absolute Gasteiger partial charge is 0.272 e. The molecular weight excluding hydrogens is 343 g/mol. The van der Waals surface area contributed by atoms with E-state index in [1.165, 1.54) is 17.2 Å². The van der Waals surface area contributed by atoms with Crippen molar-refractivity contribution in [2.75, 3.05) is 11.4 Å². The number of aromatic nitrogens is 2. The van der Waals surface area contributed by atoms with Gasteiger partial charge in [-0.3, -0.25) is 4.79 Å². The van der Waals surface area contributed by atoms with Crippen LogP contribution in [0.15, 0.2) is 60.7 Å². The number of carbonyl (C=O) groups is 1. The molecule has 2 heterocycles. The van der Waals surface area contributed by atoms with Gasteiger partial charge in [0, 0.05) is 25.2 Å². The van der Waals surface area contributed by atoms with E-state index in [0.29, 0.717) is 5.56 Å². The lowest BCUT2D eigenvalue weighted by Crippen LogP contribution is -2.31. The van der Waals surface area contributed by atoms with Crippen molar-refractivity contribution >= 4 is 11.7 Å². The van der Waals surface area contributed by atoms with Crippen molar-refractivity contribution in [1.29, 1.82) is 0 Å². The SMILES string of the molecule is O=C(NCc1ccccc1F)c1ccc(N2CCc3ccccc3C2)nn1. The molecule has 5 nitrogen and oxygen atoms in total. The van der Waals surface area contributed by atoms with Crippen LogP contribution in [0, 0.1) is 5.82 Å². The van der Waals surface area contributed by atoms with E-state index < -0.39 is 0 Å². The second kappa shape index (κ2) is 7.53. The van der Waals surface area contributed by atoms with Gasteiger partial charge in [0.2, 0.25) is 0 Å². The van der Waals surface area contributed by atoms with Crippen molar-refractivity contribution in [2.45, 2.75) is 19.5 Å². The highest BCUT2D eigenvalue weighted by atomic mass is 19.1. The number of nitrogens with one attached hydrogen (secondary N) is 1. The van der Waals surface area contributed by atoms with Gasteiger partial charge in [0.15, 0.2) is 11.5 Å². The Bertz CT molecular complexity index is 958. The Kier molecular flexibility index (Phi) is 4.78. The molecule has 0 unspecified atom stereocenters. The maximum Gasteiger partial charge on any atom is 0.272 e. The summed E-state index contributed by atoms with van der Waals surface area (Å²) in [6, 6.07) is 18.2. The minimum Gasteiger partial charge on any atom is -0.350 e. The summed E-state index contributed by atoms with van der Waals surface area (Å²) < 4.78 is 13.6. The van der Waals surface area contributed by atoms with Crippen LogP contribution in [0.5, 0.6) is 0 Å². The normalized spacial score (nSPS) is 13.1. The first-order valence-electron chi connectivity index (χ1n) is 8.88. The van der Waals surface area contributed by atoms with Crippen LogP contribution in [0.1, 0.15) is 27.2 Å². The molecular formula is C21H19FN4O. The van der Waals surface area contributed by atoms with Crippen LogP contribution in [-0.2, 0) is 19.5 Å². The molecule has 0 aliphatic carbocycles. The molecule has 1 aromatic heterocycles. The Morgan fingerprint density at radius 1 is 1.00 bits per heavy atom. The number of hydrogen-bond acceptors (Lipinski definition) is 4. The zero-order valence-electron chi connectivity index (χ0n) is 14.7. The predicted octanol–water partition coefficient (Wildman–Crippen LogP) is 3.11. The Morgan fingerprint density at radius 3 is 2.56 bits per heavy atom. The molecule has 0 fully saturated rings. The van der Waals surface area contributed by atoms with Crippen molar-refractivity contribution in [2.24, 2.45) is 0 Å². The molecule has 6 heteroatoms. The lowest BCUT2D eigenvalue weighted by Gasteiger charge is -2.29. The minimum atomic E-state index is -0.374. The van der Waals surface area contributed by atoms with Gasteiger partial charge in [0.25, 0.3) is 5.91 Å². The molecule has 1 aliphatic rings. The van der Waals surface area contributed by atoms with E-state index in [9.17, 15) is 9.18 Å². The van der Waals surface area contributed by atoms with Crippen molar-refractivity contribution in [3.05, 3.63) is 88.9 Å². The molecule has 0 atom stereocenters. The number of amides is 1. The van der Waals surface area contributed by atoms with Crippen molar-refractivity contribution in [3.8, 4) is 0 Å². The van der Waals surface area contributed by atoms with Crippen LogP contribution in [0.3, 0.4) is 0 Å². The lowest BCUT2D eigenvalue weighted by atomic mass is 10.00. The molecule has 0 radical (unpaired) electrons. The summed E-state index contributed by atoms with van der Waals surface area (Å²) in [5.41, 5.74) is 3.30. The molecule has 1 N–H and O–H groups in total. The van der Waals surface area contributed by atoms with Crippen LogP contribution in [0.2, 0.25) is 0 Å². The molecule has 3 aromatic rings. The van der Waals surface area contributed by atoms with Gasteiger partial charge in [0.05, 0.1) is 0 Å². The average Bonchev–Trinajstić information content (AvgIpc) is 2.73. The van der Waals surface area contributed by atoms with Crippen molar-refractivity contribution in [3.63, 3.8) is 0 Å². The summed E-state index contributed by atoms with van der Waals surface area (Å²) in [5.74, 6) is 0.0288. The largest absolute Gasteiger partial charge is 0.350 e. The topological polar surface area (TPSA) is 58.1 Å². The molecule has 0 saturated carbocycles. The van der Waals surface area contributed by atoms with E-state index in [-0.39, 0.29) is 24.0 Å². The third-order valence-electron chi connectivity index (χ3n) is 4.73. The molecule has 0 spiro atoms. The zero-order chi connectivity index (χ0) is 18.6. The molecule has 1 aliphatic heterocycles. The van der Waals surface area contributed by atoms with E-state index in [1.54, 1.807) is 30.3 Å². The van der Waals surface area contributed by atoms with Crippen LogP contribution >= 0.6 is 0 Å². The number of hydrogen-bond donors (Lipinski definition) is 1. The Labute approximate surface area is 156 Å². The van der Waals surface area contributed by atoms with Crippen molar-refractivity contribution in [1.82, 2.24) is 15.5 Å². The van der Waals surface area contributed by atoms with Crippen LogP contribution in [-0.4, -0.2) is 22.6 Å². The highest BCUT2D eigenvalue weighted by molar-refractivity contribution is 5.92. The van der Waals surface area contributed by atoms with Gasteiger partial charge < -0.3 is 10.2 Å². The first-order chi connectivity index (χ1) is 13.2. The Morgan fingerprint density at radius 2 is 1.78 bits per heavy atom. The molecule has 0 saturated heterocycles. The predicted molar refractivity (Wildman–Crippen MR) is 101 cm³/mol. The molecule has 2 aromatic carbocycles. The molecule has 136 valence electrons. The van der Waals surface area contributed by atoms with Gasteiger partial charge in [-0.25, -0.2) is 4.39 Å². The molecule has 0 bridgehead atoms. The summed E-state index contributed by atoms with van der Waals surface area (Å²) in [6.07, 6.45) is 0.961. The van der Waals surface area contributed by atoms with Crippen LogP contribution < -0.4 is 10.2 Å². The third kappa shape index (κ3) is 3.79. The number of benzene rings is 2. The maximum absolute atomic E-state index is 13.6. The van der Waals surface area contributed by atoms with Crippen LogP contribution in [0.25, 0.3) is 0 Å². The Balaban J connectivity index is 1.40. The van der Waals surface area contributed by atoms with E-state index in [2.05, 4.69) is 38.6 Å². The van der Waals surface area contributed by atoms with E-state index >= 15 is 0 Å². The fourth-order valence-electron chi connectivity index (χ4n) is 3.21. The number of carbonyl (C=O) groups excluding carboxylic acids is 1. The number of rotatable bonds is 4. The minimum absolute atomic E-state index is 0.109. The van der Waals surface area contributed by atoms with Gasteiger partial charge >= 0.3 is 0 Å². The fourth-order valence-corrected chi connectivity index (χ4v) is 3.21. The monoisotopic (exact) mass is 362 g/mol. The number of fused-ring (bicyclic) bond motifs is 1. The quantitative estimate of drug-likeness (QED) is 0.775. The van der Waals surface area contributed by atoms with Gasteiger partial charge in [-0.1, -0.05) is 42.5 Å². The Hall–Kier alpha value is -3.28.